The van der Waals surface area contributed by atoms with E-state index in [1.807, 2.05) is 0 Å². The van der Waals surface area contributed by atoms with Gasteiger partial charge in [0, 0.05) is 0 Å². The van der Waals surface area contributed by atoms with Crippen molar-refractivity contribution < 1.29 is 0 Å². The molecule has 0 aliphatic carbocycles. The summed E-state index contributed by atoms with van der Waals surface area (Å²) in [7, 11) is 0. The molecule has 0 aromatic heterocycles. The Morgan fingerprint density at radius 3 is 0.773 bits per heavy atom. The lowest BCUT2D eigenvalue weighted by atomic mass is 9.80. The van der Waals surface area contributed by atoms with Crippen molar-refractivity contribution in [3.63, 3.8) is 0 Å². The molecule has 6 aromatic carbocycles. The van der Waals surface area contributed by atoms with Crippen LogP contribution in [-0.4, -0.2) is 0 Å². The van der Waals surface area contributed by atoms with Crippen LogP contribution in [-0.2, 0) is 0 Å². The fourth-order valence-electron chi connectivity index (χ4n) is 4.25. The lowest BCUT2D eigenvalue weighted by Crippen LogP contribution is -1.94. The van der Waals surface area contributed by atoms with Crippen molar-refractivity contribution in [3.8, 4) is 0 Å². The summed E-state index contributed by atoms with van der Waals surface area (Å²) in [5.41, 5.74) is 0. The SMILES string of the molecule is c1ccc2c(c1)c1c3ccccc3c1c1c3ccccc3c21. The van der Waals surface area contributed by atoms with Gasteiger partial charge in [-0.1, -0.05) is 72.8 Å². The molecule has 0 heteroatoms. The van der Waals surface area contributed by atoms with Crippen LogP contribution in [0.25, 0.3) is 53.9 Å². The van der Waals surface area contributed by atoms with Crippen LogP contribution in [0, 0.1) is 0 Å². The molecule has 0 aliphatic heterocycles. The van der Waals surface area contributed by atoms with Crippen LogP contribution in [0.4, 0.5) is 0 Å². The van der Waals surface area contributed by atoms with E-state index in [-0.39, 0.29) is 0 Å². The van der Waals surface area contributed by atoms with Crippen LogP contribution in [0.3, 0.4) is 0 Å². The van der Waals surface area contributed by atoms with Crippen molar-refractivity contribution in [1.82, 2.24) is 0 Å². The molecule has 0 spiro atoms. The summed E-state index contributed by atoms with van der Waals surface area (Å²) in [6.07, 6.45) is 0. The Morgan fingerprint density at radius 2 is 0.500 bits per heavy atom. The van der Waals surface area contributed by atoms with Gasteiger partial charge < -0.3 is 0 Å². The molecule has 0 nitrogen and oxygen atoms in total. The third-order valence-corrected chi connectivity index (χ3v) is 5.15. The molecule has 0 saturated heterocycles. The maximum Gasteiger partial charge on any atom is -0.000741 e. The number of benzene rings is 4. The van der Waals surface area contributed by atoms with Gasteiger partial charge in [0.05, 0.1) is 0 Å². The molecule has 0 amide bonds. The molecule has 100 valence electrons. The first-order valence-electron chi connectivity index (χ1n) is 7.73. The van der Waals surface area contributed by atoms with Crippen LogP contribution in [0.1, 0.15) is 0 Å². The zero-order chi connectivity index (χ0) is 14.3. The number of hydrogen-bond donors (Lipinski definition) is 0. The Labute approximate surface area is 127 Å². The summed E-state index contributed by atoms with van der Waals surface area (Å²) in [5.74, 6) is 0. The molecule has 0 bridgehead atoms. The predicted molar refractivity (Wildman–Crippen MR) is 96.3 cm³/mol. The second-order valence-corrected chi connectivity index (χ2v) is 6.14. The molecular weight excluding hydrogens is 264 g/mol. The smallest absolute Gasteiger partial charge is 0.000741 e. The summed E-state index contributed by atoms with van der Waals surface area (Å²) in [4.78, 5) is 0. The first-order valence-corrected chi connectivity index (χ1v) is 7.73. The molecule has 0 atom stereocenters. The summed E-state index contributed by atoms with van der Waals surface area (Å²) < 4.78 is 0. The molecule has 0 N–H and O–H groups in total. The van der Waals surface area contributed by atoms with Crippen LogP contribution in [0.15, 0.2) is 72.8 Å². The predicted octanol–water partition coefficient (Wildman–Crippen LogP) is 6.33. The standard InChI is InChI=1S/C22H12/c1-2-8-14-13(7-1)19-15-9-3-5-11-17(15)21(19)22-18-12-6-4-10-16(18)20(14)22/h1-12H. The van der Waals surface area contributed by atoms with Gasteiger partial charge >= 0.3 is 0 Å². The van der Waals surface area contributed by atoms with E-state index < -0.39 is 0 Å². The van der Waals surface area contributed by atoms with Crippen molar-refractivity contribution in [2.45, 2.75) is 0 Å². The monoisotopic (exact) mass is 276 g/mol. The summed E-state index contributed by atoms with van der Waals surface area (Å²) >= 11 is 0. The van der Waals surface area contributed by atoms with Crippen LogP contribution >= 0.6 is 0 Å². The second kappa shape index (κ2) is 3.48. The second-order valence-electron chi connectivity index (χ2n) is 6.14. The van der Waals surface area contributed by atoms with Crippen molar-refractivity contribution in [1.29, 1.82) is 0 Å². The van der Waals surface area contributed by atoms with Crippen molar-refractivity contribution in [2.24, 2.45) is 0 Å². The van der Waals surface area contributed by atoms with Gasteiger partial charge in [0.2, 0.25) is 0 Å². The maximum absolute atomic E-state index is 2.27. The van der Waals surface area contributed by atoms with Gasteiger partial charge in [-0.05, 0) is 53.9 Å². The fraction of sp³-hybridized carbons (Fsp3) is 0. The molecule has 0 heterocycles. The molecule has 0 aliphatic rings. The minimum absolute atomic E-state index is 1.39. The Morgan fingerprint density at radius 1 is 0.273 bits per heavy atom. The molecule has 6 aromatic rings. The van der Waals surface area contributed by atoms with Crippen molar-refractivity contribution >= 4 is 53.9 Å². The van der Waals surface area contributed by atoms with Gasteiger partial charge in [0.1, 0.15) is 0 Å². The van der Waals surface area contributed by atoms with Gasteiger partial charge in [-0.25, -0.2) is 0 Å². The van der Waals surface area contributed by atoms with E-state index in [0.717, 1.165) is 0 Å². The average molecular weight is 276 g/mol. The molecule has 0 saturated carbocycles. The van der Waals surface area contributed by atoms with Crippen LogP contribution in [0.2, 0.25) is 0 Å². The van der Waals surface area contributed by atoms with E-state index in [1.54, 1.807) is 0 Å². The van der Waals surface area contributed by atoms with E-state index in [0.29, 0.717) is 0 Å². The zero-order valence-electron chi connectivity index (χ0n) is 11.9. The minimum atomic E-state index is 1.39. The highest BCUT2D eigenvalue weighted by molar-refractivity contribution is 6.50. The largest absolute Gasteiger partial charge is 0.0616 e. The lowest BCUT2D eigenvalue weighted by Gasteiger charge is -2.22. The summed E-state index contributed by atoms with van der Waals surface area (Å²) in [6.45, 7) is 0. The van der Waals surface area contributed by atoms with E-state index in [4.69, 9.17) is 0 Å². The molecule has 0 fully saturated rings. The quantitative estimate of drug-likeness (QED) is 0.304. The van der Waals surface area contributed by atoms with Gasteiger partial charge in [-0.15, -0.1) is 0 Å². The number of rotatable bonds is 0. The van der Waals surface area contributed by atoms with Gasteiger partial charge in [-0.3, -0.25) is 0 Å². The fourth-order valence-corrected chi connectivity index (χ4v) is 4.25. The zero-order valence-corrected chi connectivity index (χ0v) is 11.9. The van der Waals surface area contributed by atoms with Gasteiger partial charge in [-0.2, -0.15) is 0 Å². The van der Waals surface area contributed by atoms with E-state index >= 15 is 0 Å². The highest BCUT2D eigenvalue weighted by Crippen LogP contribution is 2.51. The van der Waals surface area contributed by atoms with Gasteiger partial charge in [0.15, 0.2) is 0 Å². The third kappa shape index (κ3) is 1.02. The van der Waals surface area contributed by atoms with Crippen molar-refractivity contribution in [3.05, 3.63) is 72.8 Å². The topological polar surface area (TPSA) is 0 Å². The molecule has 0 unspecified atom stereocenters. The van der Waals surface area contributed by atoms with Crippen LogP contribution < -0.4 is 0 Å². The number of hydrogen-bond acceptors (Lipinski definition) is 0. The minimum Gasteiger partial charge on any atom is -0.0616 e. The molecule has 0 radical (unpaired) electrons. The molecular formula is C22H12. The van der Waals surface area contributed by atoms with Gasteiger partial charge in [0.25, 0.3) is 0 Å². The summed E-state index contributed by atoms with van der Waals surface area (Å²) in [5, 5.41) is 14.2. The highest BCUT2D eigenvalue weighted by Gasteiger charge is 2.22. The molecule has 22 heavy (non-hydrogen) atoms. The Bertz CT molecular complexity index is 1200. The van der Waals surface area contributed by atoms with E-state index in [2.05, 4.69) is 72.8 Å². The first-order chi connectivity index (χ1) is 10.9. The highest BCUT2D eigenvalue weighted by atomic mass is 14.2. The van der Waals surface area contributed by atoms with Crippen molar-refractivity contribution in [2.75, 3.05) is 0 Å². The Kier molecular flexibility index (Phi) is 1.71. The Hall–Kier alpha value is -2.86. The lowest BCUT2D eigenvalue weighted by molar-refractivity contribution is 1.79. The summed E-state index contributed by atoms with van der Waals surface area (Å²) in [6, 6.07) is 26.4. The average Bonchev–Trinajstić information content (AvgIpc) is 2.55. The van der Waals surface area contributed by atoms with E-state index in [9.17, 15) is 0 Å². The maximum atomic E-state index is 2.27. The van der Waals surface area contributed by atoms with E-state index in [1.165, 1.54) is 53.9 Å². The molecule has 6 rings (SSSR count). The third-order valence-electron chi connectivity index (χ3n) is 5.15. The first kappa shape index (κ1) is 10.8. The van der Waals surface area contributed by atoms with Crippen LogP contribution in [0.5, 0.6) is 0 Å². The number of fused-ring (bicyclic) bond motifs is 12. The normalized spacial score (nSPS) is 12.5. The Balaban J connectivity index is 2.05.